The highest BCUT2D eigenvalue weighted by Crippen LogP contribution is 2.17. The van der Waals surface area contributed by atoms with Gasteiger partial charge in [0.05, 0.1) is 24.2 Å². The molecule has 8 nitrogen and oxygen atoms in total. The fourth-order valence-electron chi connectivity index (χ4n) is 2.43. The number of oxazole rings is 1. The highest BCUT2D eigenvalue weighted by molar-refractivity contribution is 7.13. The van der Waals surface area contributed by atoms with E-state index < -0.39 is 5.76 Å². The number of nitrogens with zero attached hydrogens (tertiary/aromatic N) is 2. The van der Waals surface area contributed by atoms with Crippen molar-refractivity contribution in [2.45, 2.75) is 26.3 Å². The normalized spacial score (nSPS) is 10.8. The van der Waals surface area contributed by atoms with Crippen molar-refractivity contribution in [1.29, 1.82) is 0 Å². The summed E-state index contributed by atoms with van der Waals surface area (Å²) in [5, 5.41) is 4.76. The first kappa shape index (κ1) is 17.9. The molecule has 136 valence electrons. The number of hydrogen-bond acceptors (Lipinski definition) is 7. The molecule has 0 bridgehead atoms. The molecule has 1 amide bonds. The third-order valence-electron chi connectivity index (χ3n) is 3.57. The molecule has 0 spiro atoms. The molecule has 2 aromatic heterocycles. The molecule has 0 aliphatic carbocycles. The lowest BCUT2D eigenvalue weighted by molar-refractivity contribution is -0.142. The van der Waals surface area contributed by atoms with Crippen LogP contribution in [-0.2, 0) is 27.3 Å². The van der Waals surface area contributed by atoms with Crippen LogP contribution in [0.4, 0.5) is 5.13 Å². The van der Waals surface area contributed by atoms with Crippen LogP contribution in [0.3, 0.4) is 0 Å². The highest BCUT2D eigenvalue weighted by atomic mass is 32.1. The molecule has 3 aromatic rings. The van der Waals surface area contributed by atoms with Gasteiger partial charge in [-0.05, 0) is 19.1 Å². The van der Waals surface area contributed by atoms with Gasteiger partial charge in [0.25, 0.3) is 0 Å². The van der Waals surface area contributed by atoms with Crippen LogP contribution >= 0.6 is 11.3 Å². The zero-order valence-corrected chi connectivity index (χ0v) is 14.9. The van der Waals surface area contributed by atoms with Crippen molar-refractivity contribution >= 4 is 39.4 Å². The van der Waals surface area contributed by atoms with Crippen LogP contribution in [0.1, 0.15) is 19.0 Å². The molecule has 0 aliphatic rings. The average molecular weight is 375 g/mol. The van der Waals surface area contributed by atoms with Crippen LogP contribution in [0.15, 0.2) is 38.9 Å². The zero-order valence-electron chi connectivity index (χ0n) is 14.1. The quantitative estimate of drug-likeness (QED) is 0.635. The average Bonchev–Trinajstić information content (AvgIpc) is 3.16. The molecule has 0 aliphatic heterocycles. The first-order valence-corrected chi connectivity index (χ1v) is 8.93. The molecule has 0 saturated carbocycles. The Hall–Kier alpha value is -2.94. The van der Waals surface area contributed by atoms with E-state index in [9.17, 15) is 14.4 Å². The molecule has 0 radical (unpaired) electrons. The monoisotopic (exact) mass is 375 g/mol. The van der Waals surface area contributed by atoms with E-state index >= 15 is 0 Å². The number of anilines is 1. The lowest BCUT2D eigenvalue weighted by Crippen LogP contribution is -2.19. The number of rotatable bonds is 7. The zero-order chi connectivity index (χ0) is 18.5. The van der Waals surface area contributed by atoms with Gasteiger partial charge in [-0.3, -0.25) is 14.2 Å². The van der Waals surface area contributed by atoms with Gasteiger partial charge < -0.3 is 14.5 Å². The fraction of sp³-hybridized carbons (Fsp3) is 0.294. The molecular weight excluding hydrogens is 358 g/mol. The molecule has 0 saturated heterocycles. The van der Waals surface area contributed by atoms with E-state index in [0.29, 0.717) is 28.5 Å². The molecule has 1 N–H and O–H groups in total. The lowest BCUT2D eigenvalue weighted by Gasteiger charge is -2.03. The predicted molar refractivity (Wildman–Crippen MR) is 96.2 cm³/mol. The molecule has 3 rings (SSSR count). The van der Waals surface area contributed by atoms with Gasteiger partial charge in [-0.2, -0.15) is 0 Å². The number of thiazole rings is 1. The number of hydrogen-bond donors (Lipinski definition) is 1. The number of carbonyl (C=O) groups is 2. The number of amides is 1. The van der Waals surface area contributed by atoms with Crippen molar-refractivity contribution in [3.05, 3.63) is 45.9 Å². The summed E-state index contributed by atoms with van der Waals surface area (Å²) in [6.07, 6.45) is 0.160. The second kappa shape index (κ2) is 7.96. The van der Waals surface area contributed by atoms with Crippen LogP contribution in [0.5, 0.6) is 0 Å². The Morgan fingerprint density at radius 1 is 1.35 bits per heavy atom. The van der Waals surface area contributed by atoms with E-state index in [-0.39, 0.29) is 31.3 Å². The van der Waals surface area contributed by atoms with E-state index in [1.54, 1.807) is 36.6 Å². The lowest BCUT2D eigenvalue weighted by atomic mass is 10.3. The number of carbonyl (C=O) groups excluding carboxylic acids is 2. The van der Waals surface area contributed by atoms with Gasteiger partial charge in [-0.1, -0.05) is 12.1 Å². The summed E-state index contributed by atoms with van der Waals surface area (Å²) < 4.78 is 11.4. The van der Waals surface area contributed by atoms with Gasteiger partial charge in [-0.25, -0.2) is 9.78 Å². The maximum Gasteiger partial charge on any atom is 0.419 e. The minimum absolute atomic E-state index is 0.0661. The van der Waals surface area contributed by atoms with Gasteiger partial charge in [-0.15, -0.1) is 11.3 Å². The molecule has 26 heavy (non-hydrogen) atoms. The number of ether oxygens (including phenoxy) is 1. The van der Waals surface area contributed by atoms with E-state index in [1.165, 1.54) is 15.9 Å². The topological polar surface area (TPSA) is 103 Å². The van der Waals surface area contributed by atoms with Crippen molar-refractivity contribution in [3.63, 3.8) is 0 Å². The summed E-state index contributed by atoms with van der Waals surface area (Å²) in [6.45, 7) is 2.25. The van der Waals surface area contributed by atoms with Crippen LogP contribution in [0.2, 0.25) is 0 Å². The standard InChI is InChI=1S/C17H17N3O5S/c1-2-24-15(22)9-11-10-26-16(18-11)19-14(21)7-8-20-12-5-3-4-6-13(12)25-17(20)23/h3-6,10H,2,7-9H2,1H3,(H,18,19,21). The van der Waals surface area contributed by atoms with Gasteiger partial charge in [0.1, 0.15) is 0 Å². The molecule has 0 unspecified atom stereocenters. The largest absolute Gasteiger partial charge is 0.466 e. The van der Waals surface area contributed by atoms with Gasteiger partial charge in [0.15, 0.2) is 10.7 Å². The Morgan fingerprint density at radius 2 is 2.15 bits per heavy atom. The van der Waals surface area contributed by atoms with Crippen molar-refractivity contribution in [3.8, 4) is 0 Å². The summed E-state index contributed by atoms with van der Waals surface area (Å²) in [5.74, 6) is -1.13. The van der Waals surface area contributed by atoms with Gasteiger partial charge in [0, 0.05) is 18.3 Å². The van der Waals surface area contributed by atoms with Crippen molar-refractivity contribution in [1.82, 2.24) is 9.55 Å². The first-order valence-electron chi connectivity index (χ1n) is 8.05. The minimum Gasteiger partial charge on any atom is -0.466 e. The molecule has 0 fully saturated rings. The Labute approximate surface area is 152 Å². The summed E-state index contributed by atoms with van der Waals surface area (Å²) in [5.41, 5.74) is 1.68. The maximum absolute atomic E-state index is 12.1. The van der Waals surface area contributed by atoms with Crippen LogP contribution in [0, 0.1) is 0 Å². The van der Waals surface area contributed by atoms with Gasteiger partial charge >= 0.3 is 11.7 Å². The summed E-state index contributed by atoms with van der Waals surface area (Å²) in [6, 6.07) is 7.04. The second-order valence-electron chi connectivity index (χ2n) is 5.41. The molecule has 9 heteroatoms. The highest BCUT2D eigenvalue weighted by Gasteiger charge is 2.13. The Bertz CT molecular complexity index is 988. The number of fused-ring (bicyclic) bond motifs is 1. The molecular formula is C17H17N3O5S. The number of aromatic nitrogens is 2. The summed E-state index contributed by atoms with van der Waals surface area (Å²) in [4.78, 5) is 39.6. The first-order chi connectivity index (χ1) is 12.6. The number of aryl methyl sites for hydroxylation is 1. The Balaban J connectivity index is 1.57. The minimum atomic E-state index is -0.495. The van der Waals surface area contributed by atoms with Crippen molar-refractivity contribution in [2.24, 2.45) is 0 Å². The van der Waals surface area contributed by atoms with Crippen LogP contribution in [-0.4, -0.2) is 28.0 Å². The number of esters is 1. The summed E-state index contributed by atoms with van der Waals surface area (Å²) in [7, 11) is 0. The van der Waals surface area contributed by atoms with E-state index in [4.69, 9.17) is 9.15 Å². The smallest absolute Gasteiger partial charge is 0.419 e. The number of benzene rings is 1. The number of para-hydroxylation sites is 2. The SMILES string of the molecule is CCOC(=O)Cc1csc(NC(=O)CCn2c(=O)oc3ccccc32)n1. The molecule has 0 atom stereocenters. The van der Waals surface area contributed by atoms with E-state index in [0.717, 1.165) is 0 Å². The predicted octanol–water partition coefficient (Wildman–Crippen LogP) is 2.19. The maximum atomic E-state index is 12.1. The third-order valence-corrected chi connectivity index (χ3v) is 4.37. The van der Waals surface area contributed by atoms with Gasteiger partial charge in [0.2, 0.25) is 5.91 Å². The van der Waals surface area contributed by atoms with Crippen molar-refractivity contribution in [2.75, 3.05) is 11.9 Å². The molecule has 1 aromatic carbocycles. The third kappa shape index (κ3) is 4.17. The van der Waals surface area contributed by atoms with Crippen molar-refractivity contribution < 1.29 is 18.7 Å². The summed E-state index contributed by atoms with van der Waals surface area (Å²) >= 11 is 1.23. The Kier molecular flexibility index (Phi) is 5.47. The second-order valence-corrected chi connectivity index (χ2v) is 6.27. The fourth-order valence-corrected chi connectivity index (χ4v) is 3.15. The van der Waals surface area contributed by atoms with E-state index in [2.05, 4.69) is 10.3 Å². The number of nitrogens with one attached hydrogen (secondary N) is 1. The van der Waals surface area contributed by atoms with Crippen LogP contribution < -0.4 is 11.1 Å². The van der Waals surface area contributed by atoms with E-state index in [1.807, 2.05) is 0 Å². The molecule has 2 heterocycles. The Morgan fingerprint density at radius 3 is 2.96 bits per heavy atom. The van der Waals surface area contributed by atoms with Crippen LogP contribution in [0.25, 0.3) is 11.1 Å².